The van der Waals surface area contributed by atoms with Gasteiger partial charge in [-0.1, -0.05) is 25.1 Å². The van der Waals surface area contributed by atoms with Gasteiger partial charge >= 0.3 is 0 Å². The summed E-state index contributed by atoms with van der Waals surface area (Å²) in [5.74, 6) is 5.87. The summed E-state index contributed by atoms with van der Waals surface area (Å²) in [5, 5.41) is 7.85. The number of hydrogen-bond acceptors (Lipinski definition) is 4. The zero-order valence-corrected chi connectivity index (χ0v) is 14.1. The summed E-state index contributed by atoms with van der Waals surface area (Å²) in [4.78, 5) is 0. The van der Waals surface area contributed by atoms with Crippen LogP contribution in [0.25, 0.3) is 10.1 Å². The fourth-order valence-corrected chi connectivity index (χ4v) is 4.10. The lowest BCUT2D eigenvalue weighted by atomic mass is 10.0. The number of aromatic nitrogens is 2. The second kappa shape index (κ2) is 6.27. The molecule has 110 valence electrons. The molecule has 0 saturated heterocycles. The largest absolute Gasteiger partial charge is 0.271 e. The number of hydrogen-bond donors (Lipinski definition) is 2. The Hall–Kier alpha value is -1.21. The molecule has 0 aliphatic carbocycles. The van der Waals surface area contributed by atoms with E-state index in [2.05, 4.69) is 63.0 Å². The molecule has 2 aromatic heterocycles. The van der Waals surface area contributed by atoms with E-state index in [-0.39, 0.29) is 6.04 Å². The van der Waals surface area contributed by atoms with Gasteiger partial charge in [0.2, 0.25) is 0 Å². The Morgan fingerprint density at radius 3 is 3.00 bits per heavy atom. The van der Waals surface area contributed by atoms with Gasteiger partial charge in [0, 0.05) is 11.2 Å². The number of rotatable bonds is 5. The Labute approximate surface area is 136 Å². The van der Waals surface area contributed by atoms with Crippen LogP contribution < -0.4 is 11.3 Å². The smallest absolute Gasteiger partial charge is 0.0903 e. The summed E-state index contributed by atoms with van der Waals surface area (Å²) in [6.07, 6.45) is 2.87. The first-order valence-electron chi connectivity index (χ1n) is 6.89. The van der Waals surface area contributed by atoms with E-state index in [9.17, 15) is 0 Å². The molecular weight excluding hydrogens is 348 g/mol. The molecule has 0 radical (unpaired) electrons. The maximum atomic E-state index is 5.87. The summed E-state index contributed by atoms with van der Waals surface area (Å²) in [6.45, 7) is 3.02. The molecule has 21 heavy (non-hydrogen) atoms. The number of halogens is 1. The number of nitrogens with one attached hydrogen (secondary N) is 1. The van der Waals surface area contributed by atoms with Gasteiger partial charge in [-0.3, -0.25) is 10.5 Å². The molecule has 2 heterocycles. The van der Waals surface area contributed by atoms with E-state index < -0.39 is 0 Å². The third-order valence-electron chi connectivity index (χ3n) is 3.53. The van der Waals surface area contributed by atoms with Crippen LogP contribution in [-0.4, -0.2) is 9.78 Å². The van der Waals surface area contributed by atoms with Gasteiger partial charge in [0.15, 0.2) is 0 Å². The Balaban J connectivity index is 2.12. The number of nitrogens with two attached hydrogens (primary N) is 1. The van der Waals surface area contributed by atoms with E-state index in [0.29, 0.717) is 0 Å². The zero-order valence-electron chi connectivity index (χ0n) is 11.7. The van der Waals surface area contributed by atoms with Crippen molar-refractivity contribution in [2.24, 2.45) is 5.84 Å². The predicted octanol–water partition coefficient (Wildman–Crippen LogP) is 3.82. The van der Waals surface area contributed by atoms with Gasteiger partial charge in [-0.2, -0.15) is 5.10 Å². The average molecular weight is 365 g/mol. The van der Waals surface area contributed by atoms with Crippen LogP contribution in [0.15, 0.2) is 40.3 Å². The van der Waals surface area contributed by atoms with Crippen molar-refractivity contribution in [1.82, 2.24) is 15.2 Å². The van der Waals surface area contributed by atoms with E-state index in [4.69, 9.17) is 5.84 Å². The van der Waals surface area contributed by atoms with Gasteiger partial charge in [-0.15, -0.1) is 11.3 Å². The minimum absolute atomic E-state index is 0.0791. The molecule has 3 N–H and O–H groups in total. The normalized spacial score (nSPS) is 12.9. The molecule has 3 aromatic rings. The van der Waals surface area contributed by atoms with E-state index in [1.165, 1.54) is 15.6 Å². The van der Waals surface area contributed by atoms with E-state index in [1.54, 1.807) is 11.3 Å². The highest BCUT2D eigenvalue weighted by atomic mass is 79.9. The molecule has 0 fully saturated rings. The predicted molar refractivity (Wildman–Crippen MR) is 91.2 cm³/mol. The van der Waals surface area contributed by atoms with Crippen LogP contribution in [0.3, 0.4) is 0 Å². The lowest BCUT2D eigenvalue weighted by molar-refractivity contribution is 0.521. The first-order valence-corrected chi connectivity index (χ1v) is 8.57. The molecule has 0 aliphatic rings. The number of aryl methyl sites for hydroxylation is 1. The Bertz CT molecular complexity index is 749. The van der Waals surface area contributed by atoms with Crippen LogP contribution in [0, 0.1) is 0 Å². The van der Waals surface area contributed by atoms with E-state index >= 15 is 0 Å². The van der Waals surface area contributed by atoms with Crippen molar-refractivity contribution in [3.63, 3.8) is 0 Å². The number of benzene rings is 1. The highest BCUT2D eigenvalue weighted by Crippen LogP contribution is 2.35. The van der Waals surface area contributed by atoms with Gasteiger partial charge in [0.05, 0.1) is 22.4 Å². The zero-order chi connectivity index (χ0) is 14.8. The SMILES string of the molecule is CCCn1ncc(Br)c1C(NN)c1csc2ccccc12. The summed E-state index contributed by atoms with van der Waals surface area (Å²) >= 11 is 5.34. The van der Waals surface area contributed by atoms with Crippen molar-refractivity contribution in [2.75, 3.05) is 0 Å². The molecular formula is C15H17BrN4S. The molecule has 3 rings (SSSR count). The highest BCUT2D eigenvalue weighted by molar-refractivity contribution is 9.10. The summed E-state index contributed by atoms with van der Waals surface area (Å²) in [6, 6.07) is 8.31. The van der Waals surface area contributed by atoms with E-state index in [0.717, 1.165) is 23.1 Å². The quantitative estimate of drug-likeness (QED) is 0.534. The molecule has 0 aliphatic heterocycles. The molecule has 0 bridgehead atoms. The van der Waals surface area contributed by atoms with Gasteiger partial charge in [0.25, 0.3) is 0 Å². The highest BCUT2D eigenvalue weighted by Gasteiger charge is 2.23. The first kappa shape index (κ1) is 14.7. The van der Waals surface area contributed by atoms with Gasteiger partial charge in [0.1, 0.15) is 0 Å². The van der Waals surface area contributed by atoms with Crippen LogP contribution in [0.4, 0.5) is 0 Å². The van der Waals surface area contributed by atoms with Crippen molar-refractivity contribution in [2.45, 2.75) is 25.9 Å². The van der Waals surface area contributed by atoms with E-state index in [1.807, 2.05) is 10.9 Å². The molecule has 6 heteroatoms. The van der Waals surface area contributed by atoms with Crippen LogP contribution >= 0.6 is 27.3 Å². The lowest BCUT2D eigenvalue weighted by Gasteiger charge is -2.18. The lowest BCUT2D eigenvalue weighted by Crippen LogP contribution is -2.31. The molecule has 4 nitrogen and oxygen atoms in total. The van der Waals surface area contributed by atoms with Crippen LogP contribution in [0.5, 0.6) is 0 Å². The summed E-state index contributed by atoms with van der Waals surface area (Å²) < 4.78 is 4.26. The number of hydrazine groups is 1. The third kappa shape index (κ3) is 2.64. The van der Waals surface area contributed by atoms with Gasteiger partial charge < -0.3 is 0 Å². The Morgan fingerprint density at radius 1 is 1.43 bits per heavy atom. The second-order valence-corrected chi connectivity index (χ2v) is 6.65. The molecule has 1 atom stereocenters. The maximum Gasteiger partial charge on any atom is 0.0903 e. The minimum atomic E-state index is -0.0791. The topological polar surface area (TPSA) is 55.9 Å². The van der Waals surface area contributed by atoms with Crippen LogP contribution in [0.1, 0.15) is 30.6 Å². The van der Waals surface area contributed by atoms with Crippen molar-refractivity contribution in [3.8, 4) is 0 Å². The standard InChI is InChI=1S/C15H17BrN4S/c1-2-7-20-15(12(16)8-18-20)14(19-17)11-9-21-13-6-4-3-5-10(11)13/h3-6,8-9,14,19H,2,7,17H2,1H3. The summed E-state index contributed by atoms with van der Waals surface area (Å²) in [7, 11) is 0. The fraction of sp³-hybridized carbons (Fsp3) is 0.267. The van der Waals surface area contributed by atoms with Crippen molar-refractivity contribution >= 4 is 37.4 Å². The molecule has 0 saturated carbocycles. The number of thiophene rings is 1. The Morgan fingerprint density at radius 2 is 2.24 bits per heavy atom. The van der Waals surface area contributed by atoms with Gasteiger partial charge in [-0.25, -0.2) is 5.43 Å². The monoisotopic (exact) mass is 364 g/mol. The van der Waals surface area contributed by atoms with Gasteiger partial charge in [-0.05, 0) is 44.7 Å². The van der Waals surface area contributed by atoms with Crippen molar-refractivity contribution < 1.29 is 0 Å². The molecule has 0 spiro atoms. The second-order valence-electron chi connectivity index (χ2n) is 4.89. The summed E-state index contributed by atoms with van der Waals surface area (Å²) in [5.41, 5.74) is 5.22. The van der Waals surface area contributed by atoms with Crippen LogP contribution in [0.2, 0.25) is 0 Å². The minimum Gasteiger partial charge on any atom is -0.271 e. The number of fused-ring (bicyclic) bond motifs is 1. The molecule has 0 amide bonds. The molecule has 1 aromatic carbocycles. The first-order chi connectivity index (χ1) is 10.3. The number of nitrogens with zero attached hydrogens (tertiary/aromatic N) is 2. The maximum absolute atomic E-state index is 5.87. The van der Waals surface area contributed by atoms with Crippen LogP contribution in [-0.2, 0) is 6.54 Å². The van der Waals surface area contributed by atoms with Crippen molar-refractivity contribution in [3.05, 3.63) is 51.6 Å². The third-order valence-corrected chi connectivity index (χ3v) is 5.12. The fourth-order valence-electron chi connectivity index (χ4n) is 2.59. The molecule has 1 unspecified atom stereocenters. The average Bonchev–Trinajstić information content (AvgIpc) is 3.07. The van der Waals surface area contributed by atoms with Crippen molar-refractivity contribution in [1.29, 1.82) is 0 Å². The Kier molecular flexibility index (Phi) is 4.40.